The van der Waals surface area contributed by atoms with E-state index in [9.17, 15) is 9.59 Å². The molecule has 0 bridgehead atoms. The van der Waals surface area contributed by atoms with Gasteiger partial charge in [0.05, 0.1) is 5.75 Å². The van der Waals surface area contributed by atoms with E-state index in [0.717, 1.165) is 22.5 Å². The summed E-state index contributed by atoms with van der Waals surface area (Å²) in [5.41, 5.74) is 3.81. The van der Waals surface area contributed by atoms with Gasteiger partial charge in [-0.1, -0.05) is 38.1 Å². The van der Waals surface area contributed by atoms with Crippen LogP contribution in [0.3, 0.4) is 0 Å². The number of rotatable bonds is 4. The number of anilines is 2. The van der Waals surface area contributed by atoms with Gasteiger partial charge < -0.3 is 5.32 Å². The Balaban J connectivity index is 1.89. The molecule has 2 aromatic rings. The number of benzene rings is 2. The fourth-order valence-corrected chi connectivity index (χ4v) is 3.95. The highest BCUT2D eigenvalue weighted by molar-refractivity contribution is 8.00. The molecule has 130 valence electrons. The molecule has 5 heteroatoms. The molecule has 0 radical (unpaired) electrons. The van der Waals surface area contributed by atoms with E-state index in [0.29, 0.717) is 5.75 Å². The highest BCUT2D eigenvalue weighted by atomic mass is 32.2. The maximum atomic E-state index is 12.5. The van der Waals surface area contributed by atoms with Crippen molar-refractivity contribution in [3.8, 4) is 0 Å². The van der Waals surface area contributed by atoms with Crippen LogP contribution in [0.2, 0.25) is 0 Å². The van der Waals surface area contributed by atoms with Crippen molar-refractivity contribution in [1.82, 2.24) is 0 Å². The van der Waals surface area contributed by atoms with Crippen molar-refractivity contribution in [3.63, 3.8) is 0 Å². The summed E-state index contributed by atoms with van der Waals surface area (Å²) in [4.78, 5) is 26.2. The van der Waals surface area contributed by atoms with Crippen LogP contribution in [-0.4, -0.2) is 17.6 Å². The molecule has 1 atom stereocenters. The molecule has 0 unspecified atom stereocenters. The van der Waals surface area contributed by atoms with Crippen molar-refractivity contribution in [2.45, 2.75) is 26.1 Å². The van der Waals surface area contributed by atoms with Crippen LogP contribution in [0.15, 0.2) is 48.5 Å². The van der Waals surface area contributed by atoms with E-state index in [-0.39, 0.29) is 23.1 Å². The zero-order chi connectivity index (χ0) is 18.0. The molecule has 2 amide bonds. The maximum absolute atomic E-state index is 12.5. The van der Waals surface area contributed by atoms with Crippen LogP contribution in [0, 0.1) is 12.8 Å². The van der Waals surface area contributed by atoms with Gasteiger partial charge in [-0.3, -0.25) is 14.5 Å². The van der Waals surface area contributed by atoms with E-state index >= 15 is 0 Å². The van der Waals surface area contributed by atoms with Gasteiger partial charge in [0.25, 0.3) is 0 Å². The lowest BCUT2D eigenvalue weighted by Gasteiger charge is -2.25. The summed E-state index contributed by atoms with van der Waals surface area (Å²) in [5.74, 6) is 0.483. The highest BCUT2D eigenvalue weighted by Crippen LogP contribution is 2.42. The Morgan fingerprint density at radius 2 is 1.96 bits per heavy atom. The molecule has 3 rings (SSSR count). The second kappa shape index (κ2) is 7.31. The molecule has 0 aromatic heterocycles. The maximum Gasteiger partial charge on any atom is 0.238 e. The number of amides is 2. The molecule has 1 N–H and O–H groups in total. The van der Waals surface area contributed by atoms with Crippen LogP contribution < -0.4 is 10.2 Å². The monoisotopic (exact) mass is 354 g/mol. The first-order valence-corrected chi connectivity index (χ1v) is 9.42. The number of hydrogen-bond donors (Lipinski definition) is 1. The molecule has 2 aromatic carbocycles. The number of thioether (sulfide) groups is 1. The summed E-state index contributed by atoms with van der Waals surface area (Å²) < 4.78 is 0. The summed E-state index contributed by atoms with van der Waals surface area (Å²) in [5, 5.41) is 2.85. The van der Waals surface area contributed by atoms with Crippen LogP contribution >= 0.6 is 11.8 Å². The van der Waals surface area contributed by atoms with Gasteiger partial charge in [-0.15, -0.1) is 11.8 Å². The Labute approximate surface area is 152 Å². The molecule has 0 saturated carbocycles. The van der Waals surface area contributed by atoms with Crippen LogP contribution in [0.5, 0.6) is 0 Å². The molecule has 1 heterocycles. The summed E-state index contributed by atoms with van der Waals surface area (Å²) in [6.07, 6.45) is 0. The Morgan fingerprint density at radius 1 is 1.20 bits per heavy atom. The highest BCUT2D eigenvalue weighted by Gasteiger charge is 2.34. The summed E-state index contributed by atoms with van der Waals surface area (Å²) >= 11 is 1.61. The average molecular weight is 354 g/mol. The molecular formula is C20H22N2O2S. The Bertz CT molecular complexity index is 804. The number of hydrogen-bond acceptors (Lipinski definition) is 3. The summed E-state index contributed by atoms with van der Waals surface area (Å²) in [7, 11) is 0. The topological polar surface area (TPSA) is 49.4 Å². The van der Waals surface area contributed by atoms with Crippen molar-refractivity contribution in [2.75, 3.05) is 16.0 Å². The molecule has 1 aliphatic rings. The molecule has 1 saturated heterocycles. The van der Waals surface area contributed by atoms with Crippen molar-refractivity contribution in [3.05, 3.63) is 59.7 Å². The third-order valence-corrected chi connectivity index (χ3v) is 5.32. The first kappa shape index (κ1) is 17.5. The van der Waals surface area contributed by atoms with Crippen LogP contribution in [0.25, 0.3) is 0 Å². The average Bonchev–Trinajstić information content (AvgIpc) is 2.96. The van der Waals surface area contributed by atoms with Gasteiger partial charge in [-0.2, -0.15) is 0 Å². The second-order valence-electron chi connectivity index (χ2n) is 6.54. The number of aryl methyl sites for hydroxylation is 1. The lowest BCUT2D eigenvalue weighted by Crippen LogP contribution is -2.28. The summed E-state index contributed by atoms with van der Waals surface area (Å²) in [6, 6.07) is 15.7. The van der Waals surface area contributed by atoms with E-state index in [4.69, 9.17) is 0 Å². The normalized spacial score (nSPS) is 17.2. The van der Waals surface area contributed by atoms with E-state index < -0.39 is 0 Å². The fraction of sp³-hybridized carbons (Fsp3) is 0.300. The standard InChI is InChI=1S/C20H22N2O2S/c1-13(2)19(24)21-16-8-5-7-15(11-16)20-22(18(23)12-25-20)17-9-4-6-14(3)10-17/h4-11,13,20H,12H2,1-3H3,(H,21,24)/t20-/m1/s1. The predicted octanol–water partition coefficient (Wildman–Crippen LogP) is 4.37. The number of nitrogens with one attached hydrogen (secondary N) is 1. The zero-order valence-corrected chi connectivity index (χ0v) is 15.5. The molecule has 4 nitrogen and oxygen atoms in total. The Hall–Kier alpha value is -2.27. The van der Waals surface area contributed by atoms with E-state index in [1.54, 1.807) is 11.8 Å². The largest absolute Gasteiger partial charge is 0.326 e. The third-order valence-electron chi connectivity index (χ3n) is 4.11. The predicted molar refractivity (Wildman–Crippen MR) is 104 cm³/mol. The second-order valence-corrected chi connectivity index (χ2v) is 7.60. The van der Waals surface area contributed by atoms with E-state index in [1.165, 1.54) is 0 Å². The smallest absolute Gasteiger partial charge is 0.238 e. The molecule has 0 aliphatic carbocycles. The minimum absolute atomic E-state index is 0.0113. The van der Waals surface area contributed by atoms with Crippen molar-refractivity contribution < 1.29 is 9.59 Å². The quantitative estimate of drug-likeness (QED) is 0.887. The van der Waals surface area contributed by atoms with E-state index in [1.807, 2.05) is 74.2 Å². The van der Waals surface area contributed by atoms with E-state index in [2.05, 4.69) is 5.32 Å². The first-order valence-electron chi connectivity index (χ1n) is 8.37. The van der Waals surface area contributed by atoms with Gasteiger partial charge in [0.1, 0.15) is 5.37 Å². The SMILES string of the molecule is Cc1cccc(N2C(=O)CS[C@@H]2c2cccc(NC(=O)C(C)C)c2)c1. The van der Waals surface area contributed by atoms with Crippen molar-refractivity contribution in [1.29, 1.82) is 0 Å². The Kier molecular flexibility index (Phi) is 5.13. The van der Waals surface area contributed by atoms with Gasteiger partial charge in [0.15, 0.2) is 0 Å². The van der Waals surface area contributed by atoms with Crippen LogP contribution in [0.1, 0.15) is 30.3 Å². The fourth-order valence-electron chi connectivity index (χ4n) is 2.78. The number of carbonyl (C=O) groups is 2. The van der Waals surface area contributed by atoms with Gasteiger partial charge in [-0.25, -0.2) is 0 Å². The van der Waals surface area contributed by atoms with Crippen molar-refractivity contribution in [2.24, 2.45) is 5.92 Å². The molecule has 1 aliphatic heterocycles. The molecule has 0 spiro atoms. The minimum Gasteiger partial charge on any atom is -0.326 e. The van der Waals surface area contributed by atoms with Gasteiger partial charge in [-0.05, 0) is 42.3 Å². The van der Waals surface area contributed by atoms with Crippen molar-refractivity contribution >= 4 is 35.0 Å². The Morgan fingerprint density at radius 3 is 2.68 bits per heavy atom. The molecule has 1 fully saturated rings. The minimum atomic E-state index is -0.0785. The number of carbonyl (C=O) groups excluding carboxylic acids is 2. The zero-order valence-electron chi connectivity index (χ0n) is 14.7. The molecule has 25 heavy (non-hydrogen) atoms. The van der Waals surface area contributed by atoms with Gasteiger partial charge in [0, 0.05) is 17.3 Å². The first-order chi connectivity index (χ1) is 12.0. The van der Waals surface area contributed by atoms with Gasteiger partial charge in [0.2, 0.25) is 11.8 Å². The van der Waals surface area contributed by atoms with Crippen LogP contribution in [-0.2, 0) is 9.59 Å². The lowest BCUT2D eigenvalue weighted by molar-refractivity contribution is -0.119. The van der Waals surface area contributed by atoms with Crippen LogP contribution in [0.4, 0.5) is 11.4 Å². The van der Waals surface area contributed by atoms with Gasteiger partial charge >= 0.3 is 0 Å². The third kappa shape index (κ3) is 3.87. The summed E-state index contributed by atoms with van der Waals surface area (Å²) in [6.45, 7) is 5.75. The lowest BCUT2D eigenvalue weighted by atomic mass is 10.1. The number of nitrogens with zero attached hydrogens (tertiary/aromatic N) is 1. The molecular weight excluding hydrogens is 332 g/mol.